The number of benzene rings is 1. The number of nitrogens with zero attached hydrogens (tertiary/aromatic N) is 2. The SMILES string of the molecule is CCNc1cc(C(F)(F)F)cc(COCC2(c3ccc(C)cc3)CCN(C)CC2)n1. The molecule has 1 aliphatic rings. The Bertz CT molecular complexity index is 829. The molecule has 0 saturated carbocycles. The first-order valence-corrected chi connectivity index (χ1v) is 10.4. The highest BCUT2D eigenvalue weighted by molar-refractivity contribution is 5.40. The molecule has 1 saturated heterocycles. The maximum Gasteiger partial charge on any atom is 0.416 e. The van der Waals surface area contributed by atoms with Crippen LogP contribution in [-0.2, 0) is 22.9 Å². The van der Waals surface area contributed by atoms with E-state index >= 15 is 0 Å². The van der Waals surface area contributed by atoms with Crippen LogP contribution in [0.5, 0.6) is 0 Å². The van der Waals surface area contributed by atoms with Gasteiger partial charge in [0.05, 0.1) is 24.5 Å². The van der Waals surface area contributed by atoms with Crippen LogP contribution in [0.4, 0.5) is 19.0 Å². The van der Waals surface area contributed by atoms with Gasteiger partial charge < -0.3 is 15.0 Å². The Balaban J connectivity index is 1.76. The highest BCUT2D eigenvalue weighted by atomic mass is 19.4. The Morgan fingerprint density at radius 2 is 1.80 bits per heavy atom. The van der Waals surface area contributed by atoms with Gasteiger partial charge in [-0.2, -0.15) is 13.2 Å². The minimum absolute atomic E-state index is 0.0474. The van der Waals surface area contributed by atoms with Crippen molar-refractivity contribution in [3.8, 4) is 0 Å². The summed E-state index contributed by atoms with van der Waals surface area (Å²) in [6.07, 6.45) is -2.52. The van der Waals surface area contributed by atoms with E-state index in [2.05, 4.69) is 53.4 Å². The molecule has 0 bridgehead atoms. The first-order chi connectivity index (χ1) is 14.2. The molecule has 1 aliphatic heterocycles. The Morgan fingerprint density at radius 3 is 2.40 bits per heavy atom. The number of alkyl halides is 3. The lowest BCUT2D eigenvalue weighted by molar-refractivity contribution is -0.137. The third-order valence-corrected chi connectivity index (χ3v) is 5.80. The van der Waals surface area contributed by atoms with Crippen LogP contribution in [0.3, 0.4) is 0 Å². The molecule has 4 nitrogen and oxygen atoms in total. The van der Waals surface area contributed by atoms with Crippen LogP contribution in [0, 0.1) is 6.92 Å². The number of pyridine rings is 1. The van der Waals surface area contributed by atoms with Gasteiger partial charge in [0.25, 0.3) is 0 Å². The number of nitrogens with one attached hydrogen (secondary N) is 1. The van der Waals surface area contributed by atoms with Crippen molar-refractivity contribution >= 4 is 5.82 Å². The van der Waals surface area contributed by atoms with E-state index in [9.17, 15) is 13.2 Å². The zero-order valence-corrected chi connectivity index (χ0v) is 17.9. The Hall–Kier alpha value is -2.12. The van der Waals surface area contributed by atoms with Crippen molar-refractivity contribution in [3.05, 3.63) is 58.8 Å². The number of likely N-dealkylation sites (tertiary alicyclic amines) is 1. The molecule has 164 valence electrons. The molecule has 30 heavy (non-hydrogen) atoms. The number of aromatic nitrogens is 1. The van der Waals surface area contributed by atoms with Gasteiger partial charge >= 0.3 is 6.18 Å². The third kappa shape index (κ3) is 5.52. The second-order valence-corrected chi connectivity index (χ2v) is 8.20. The van der Waals surface area contributed by atoms with Crippen molar-refractivity contribution in [2.24, 2.45) is 0 Å². The van der Waals surface area contributed by atoms with Crippen molar-refractivity contribution in [1.82, 2.24) is 9.88 Å². The number of hydrogen-bond acceptors (Lipinski definition) is 4. The minimum atomic E-state index is -4.42. The molecule has 3 rings (SSSR count). The normalized spacial score (nSPS) is 17.1. The molecule has 1 aromatic heterocycles. The van der Waals surface area contributed by atoms with Crippen LogP contribution in [-0.4, -0.2) is 43.2 Å². The second-order valence-electron chi connectivity index (χ2n) is 8.20. The Labute approximate surface area is 176 Å². The summed E-state index contributed by atoms with van der Waals surface area (Å²) in [5.41, 5.74) is 1.87. The summed E-state index contributed by atoms with van der Waals surface area (Å²) in [5, 5.41) is 2.87. The van der Waals surface area contributed by atoms with Gasteiger partial charge in [-0.1, -0.05) is 29.8 Å². The molecule has 2 heterocycles. The molecule has 0 amide bonds. The highest BCUT2D eigenvalue weighted by Gasteiger charge is 2.36. The zero-order valence-electron chi connectivity index (χ0n) is 17.9. The van der Waals surface area contributed by atoms with Gasteiger partial charge in [-0.15, -0.1) is 0 Å². The molecular weight excluding hydrogens is 391 g/mol. The predicted molar refractivity (Wildman–Crippen MR) is 113 cm³/mol. The van der Waals surface area contributed by atoms with E-state index in [1.807, 2.05) is 6.92 Å². The van der Waals surface area contributed by atoms with Crippen molar-refractivity contribution < 1.29 is 17.9 Å². The standard InChI is InChI=1S/C23H30F3N3O/c1-4-27-21-14-19(23(24,25)26)13-20(28-21)15-30-16-22(9-11-29(3)12-10-22)18-7-5-17(2)6-8-18/h5-8,13-14H,4,9-12,15-16H2,1-3H3,(H,27,28). The lowest BCUT2D eigenvalue weighted by Crippen LogP contribution is -2.43. The van der Waals surface area contributed by atoms with Gasteiger partial charge in [-0.05, 0) is 64.5 Å². The molecular formula is C23H30F3N3O. The average molecular weight is 422 g/mol. The van der Waals surface area contributed by atoms with Crippen molar-refractivity contribution in [3.63, 3.8) is 0 Å². The maximum atomic E-state index is 13.3. The molecule has 0 spiro atoms. The molecule has 1 N–H and O–H groups in total. The summed E-state index contributed by atoms with van der Waals surface area (Å²) in [4.78, 5) is 6.59. The lowest BCUT2D eigenvalue weighted by Gasteiger charge is -2.41. The molecule has 0 aliphatic carbocycles. The van der Waals surface area contributed by atoms with Crippen LogP contribution in [0.2, 0.25) is 0 Å². The summed E-state index contributed by atoms with van der Waals surface area (Å²) in [6.45, 7) is 6.81. The van der Waals surface area contributed by atoms with E-state index in [-0.39, 0.29) is 23.5 Å². The zero-order chi connectivity index (χ0) is 21.8. The number of aryl methyl sites for hydroxylation is 1. The first-order valence-electron chi connectivity index (χ1n) is 10.4. The van der Waals surface area contributed by atoms with Gasteiger partial charge in [-0.25, -0.2) is 4.98 Å². The number of anilines is 1. The minimum Gasteiger partial charge on any atom is -0.374 e. The van der Waals surface area contributed by atoms with E-state index in [0.29, 0.717) is 13.2 Å². The van der Waals surface area contributed by atoms with Crippen LogP contribution in [0.1, 0.15) is 42.1 Å². The van der Waals surface area contributed by atoms with Crippen LogP contribution in [0.25, 0.3) is 0 Å². The molecule has 0 radical (unpaired) electrons. The topological polar surface area (TPSA) is 37.4 Å². The van der Waals surface area contributed by atoms with E-state index in [1.54, 1.807) is 0 Å². The lowest BCUT2D eigenvalue weighted by atomic mass is 9.73. The fourth-order valence-electron chi connectivity index (χ4n) is 3.92. The fourth-order valence-corrected chi connectivity index (χ4v) is 3.92. The maximum absolute atomic E-state index is 13.3. The number of piperidine rings is 1. The Morgan fingerprint density at radius 1 is 1.13 bits per heavy atom. The monoisotopic (exact) mass is 421 g/mol. The highest BCUT2D eigenvalue weighted by Crippen LogP contribution is 2.36. The van der Waals surface area contributed by atoms with Gasteiger partial charge in [0.1, 0.15) is 5.82 Å². The molecule has 0 unspecified atom stereocenters. The molecule has 2 aromatic rings. The number of halogens is 3. The summed E-state index contributed by atoms with van der Waals surface area (Å²) < 4.78 is 45.8. The van der Waals surface area contributed by atoms with Gasteiger partial charge in [0.15, 0.2) is 0 Å². The van der Waals surface area contributed by atoms with Crippen molar-refractivity contribution in [2.45, 2.75) is 44.9 Å². The molecule has 0 atom stereocenters. The van der Waals surface area contributed by atoms with Crippen molar-refractivity contribution in [1.29, 1.82) is 0 Å². The molecule has 7 heteroatoms. The van der Waals surface area contributed by atoms with E-state index in [0.717, 1.165) is 38.1 Å². The second kappa shape index (κ2) is 9.35. The van der Waals surface area contributed by atoms with Crippen LogP contribution in [0.15, 0.2) is 36.4 Å². The summed E-state index contributed by atoms with van der Waals surface area (Å²) in [7, 11) is 2.11. The average Bonchev–Trinajstić information content (AvgIpc) is 2.70. The summed E-state index contributed by atoms with van der Waals surface area (Å²) in [6, 6.07) is 10.6. The number of ether oxygens (including phenoxy) is 1. The van der Waals surface area contributed by atoms with Crippen molar-refractivity contribution in [2.75, 3.05) is 38.6 Å². The van der Waals surface area contributed by atoms with Crippen LogP contribution < -0.4 is 5.32 Å². The quantitative estimate of drug-likeness (QED) is 0.681. The largest absolute Gasteiger partial charge is 0.416 e. The smallest absolute Gasteiger partial charge is 0.374 e. The fraction of sp³-hybridized carbons (Fsp3) is 0.522. The Kier molecular flexibility index (Phi) is 7.03. The van der Waals surface area contributed by atoms with E-state index < -0.39 is 11.7 Å². The van der Waals surface area contributed by atoms with E-state index in [1.165, 1.54) is 11.1 Å². The third-order valence-electron chi connectivity index (χ3n) is 5.80. The number of rotatable bonds is 7. The van der Waals surface area contributed by atoms with Crippen LogP contribution >= 0.6 is 0 Å². The molecule has 1 aromatic carbocycles. The number of hydrogen-bond donors (Lipinski definition) is 1. The first kappa shape index (κ1) is 22.6. The van der Waals surface area contributed by atoms with Gasteiger partial charge in [0, 0.05) is 12.0 Å². The summed E-state index contributed by atoms with van der Waals surface area (Å²) >= 11 is 0. The predicted octanol–water partition coefficient (Wildman–Crippen LogP) is 5.02. The van der Waals surface area contributed by atoms with Gasteiger partial charge in [0.2, 0.25) is 0 Å². The molecule has 1 fully saturated rings. The van der Waals surface area contributed by atoms with E-state index in [4.69, 9.17) is 4.74 Å². The summed E-state index contributed by atoms with van der Waals surface area (Å²) in [5.74, 6) is 0.221. The van der Waals surface area contributed by atoms with Gasteiger partial charge in [-0.3, -0.25) is 0 Å².